The molecule has 0 heterocycles. The number of hydrogen-bond donors (Lipinski definition) is 1. The van der Waals surface area contributed by atoms with Crippen molar-refractivity contribution in [2.45, 2.75) is 39.2 Å². The van der Waals surface area contributed by atoms with Gasteiger partial charge in [-0.25, -0.2) is 5.01 Å². The average Bonchev–Trinajstić information content (AvgIpc) is 2.53. The quantitative estimate of drug-likeness (QED) is 0.879. The summed E-state index contributed by atoms with van der Waals surface area (Å²) in [6.45, 7) is 5.70. The molecular formula is C20H24N2O2. The number of benzene rings is 2. The van der Waals surface area contributed by atoms with Crippen LogP contribution in [0, 0.1) is 0 Å². The van der Waals surface area contributed by atoms with E-state index in [9.17, 15) is 9.59 Å². The van der Waals surface area contributed by atoms with Gasteiger partial charge in [-0.2, -0.15) is 0 Å². The normalized spacial score (nSPS) is 11.0. The summed E-state index contributed by atoms with van der Waals surface area (Å²) in [4.78, 5) is 25.0. The minimum atomic E-state index is -0.502. The zero-order chi connectivity index (χ0) is 17.6. The van der Waals surface area contributed by atoms with E-state index in [2.05, 4.69) is 5.43 Å². The van der Waals surface area contributed by atoms with Gasteiger partial charge in [0.15, 0.2) is 0 Å². The van der Waals surface area contributed by atoms with Crippen molar-refractivity contribution in [3.05, 3.63) is 71.8 Å². The highest BCUT2D eigenvalue weighted by Gasteiger charge is 2.28. The molecule has 0 atom stereocenters. The fourth-order valence-corrected chi connectivity index (χ4v) is 2.40. The molecule has 0 saturated carbocycles. The van der Waals surface area contributed by atoms with Crippen molar-refractivity contribution in [1.82, 2.24) is 10.4 Å². The Labute approximate surface area is 143 Å². The van der Waals surface area contributed by atoms with E-state index in [0.29, 0.717) is 0 Å². The Hall–Kier alpha value is -2.62. The molecule has 0 saturated heterocycles. The first-order chi connectivity index (χ1) is 11.4. The van der Waals surface area contributed by atoms with Gasteiger partial charge in [-0.3, -0.25) is 15.0 Å². The summed E-state index contributed by atoms with van der Waals surface area (Å²) < 4.78 is 0. The van der Waals surface area contributed by atoms with Crippen LogP contribution < -0.4 is 5.43 Å². The number of rotatable bonds is 4. The number of hydrazine groups is 1. The van der Waals surface area contributed by atoms with Crippen molar-refractivity contribution in [2.75, 3.05) is 0 Å². The van der Waals surface area contributed by atoms with Crippen LogP contribution in [-0.2, 0) is 22.4 Å². The lowest BCUT2D eigenvalue weighted by Crippen LogP contribution is -2.56. The largest absolute Gasteiger partial charge is 0.273 e. The Morgan fingerprint density at radius 2 is 1.29 bits per heavy atom. The predicted molar refractivity (Wildman–Crippen MR) is 95.0 cm³/mol. The van der Waals surface area contributed by atoms with Gasteiger partial charge in [0.05, 0.1) is 18.4 Å². The summed E-state index contributed by atoms with van der Waals surface area (Å²) >= 11 is 0. The number of carbonyl (C=O) groups excluding carboxylic acids is 2. The topological polar surface area (TPSA) is 49.4 Å². The zero-order valence-electron chi connectivity index (χ0n) is 14.5. The standard InChI is InChI=1S/C20H24N2O2/c1-20(2,3)22(19(24)15-17-12-8-5-9-13-17)21-18(23)14-16-10-6-4-7-11-16/h4-13H,14-15H2,1-3H3,(H,21,23). The number of hydrogen-bond acceptors (Lipinski definition) is 2. The van der Waals surface area contributed by atoms with Gasteiger partial charge >= 0.3 is 0 Å². The van der Waals surface area contributed by atoms with Crippen molar-refractivity contribution >= 4 is 11.8 Å². The fraction of sp³-hybridized carbons (Fsp3) is 0.300. The van der Waals surface area contributed by atoms with Crippen LogP contribution in [0.1, 0.15) is 31.9 Å². The Morgan fingerprint density at radius 3 is 1.75 bits per heavy atom. The maximum absolute atomic E-state index is 12.7. The summed E-state index contributed by atoms with van der Waals surface area (Å²) in [6.07, 6.45) is 0.496. The van der Waals surface area contributed by atoms with Crippen molar-refractivity contribution in [3.8, 4) is 0 Å². The van der Waals surface area contributed by atoms with E-state index >= 15 is 0 Å². The van der Waals surface area contributed by atoms with Gasteiger partial charge in [0, 0.05) is 0 Å². The summed E-state index contributed by atoms with van der Waals surface area (Å²) in [5.74, 6) is -0.326. The molecule has 0 fully saturated rings. The van der Waals surface area contributed by atoms with Crippen LogP contribution >= 0.6 is 0 Å². The molecule has 0 radical (unpaired) electrons. The second-order valence-corrected chi connectivity index (χ2v) is 6.76. The van der Waals surface area contributed by atoms with Crippen LogP contribution in [0.3, 0.4) is 0 Å². The second kappa shape index (κ2) is 7.77. The molecule has 0 unspecified atom stereocenters. The third-order valence-corrected chi connectivity index (χ3v) is 3.56. The zero-order valence-corrected chi connectivity index (χ0v) is 14.5. The number of carbonyl (C=O) groups is 2. The Morgan fingerprint density at radius 1 is 0.833 bits per heavy atom. The SMILES string of the molecule is CC(C)(C)N(NC(=O)Cc1ccccc1)C(=O)Cc1ccccc1. The molecule has 4 heteroatoms. The van der Waals surface area contributed by atoms with Crippen LogP contribution in [0.15, 0.2) is 60.7 Å². The summed E-state index contributed by atoms with van der Waals surface area (Å²) in [5, 5.41) is 1.44. The van der Waals surface area contributed by atoms with Crippen LogP contribution in [0.4, 0.5) is 0 Å². The first-order valence-electron chi connectivity index (χ1n) is 8.06. The smallest absolute Gasteiger partial charge is 0.245 e. The molecule has 0 aliphatic rings. The minimum Gasteiger partial charge on any atom is -0.273 e. The van der Waals surface area contributed by atoms with Crippen molar-refractivity contribution in [3.63, 3.8) is 0 Å². The third kappa shape index (κ3) is 5.23. The second-order valence-electron chi connectivity index (χ2n) is 6.76. The van der Waals surface area contributed by atoms with Crippen LogP contribution in [0.2, 0.25) is 0 Å². The fourth-order valence-electron chi connectivity index (χ4n) is 2.40. The molecule has 4 nitrogen and oxygen atoms in total. The monoisotopic (exact) mass is 324 g/mol. The Kier molecular flexibility index (Phi) is 5.74. The van der Waals surface area contributed by atoms with Gasteiger partial charge in [-0.1, -0.05) is 60.7 Å². The van der Waals surface area contributed by atoms with Crippen LogP contribution in [0.5, 0.6) is 0 Å². The maximum Gasteiger partial charge on any atom is 0.245 e. The van der Waals surface area contributed by atoms with E-state index in [1.54, 1.807) is 0 Å². The third-order valence-electron chi connectivity index (χ3n) is 3.56. The number of nitrogens with zero attached hydrogens (tertiary/aromatic N) is 1. The number of nitrogens with one attached hydrogen (secondary N) is 1. The molecule has 2 rings (SSSR count). The lowest BCUT2D eigenvalue weighted by Gasteiger charge is -2.35. The molecular weight excluding hydrogens is 300 g/mol. The van der Waals surface area contributed by atoms with Crippen LogP contribution in [0.25, 0.3) is 0 Å². The van der Waals surface area contributed by atoms with Crippen molar-refractivity contribution in [2.24, 2.45) is 0 Å². The predicted octanol–water partition coefficient (Wildman–Crippen LogP) is 3.13. The molecule has 0 bridgehead atoms. The molecule has 126 valence electrons. The molecule has 2 amide bonds. The molecule has 2 aromatic rings. The van der Waals surface area contributed by atoms with Crippen molar-refractivity contribution in [1.29, 1.82) is 0 Å². The van der Waals surface area contributed by atoms with Gasteiger partial charge in [-0.15, -0.1) is 0 Å². The van der Waals surface area contributed by atoms with Gasteiger partial charge in [0.1, 0.15) is 0 Å². The Bertz CT molecular complexity index is 676. The van der Waals surface area contributed by atoms with E-state index in [-0.39, 0.29) is 24.7 Å². The first-order valence-corrected chi connectivity index (χ1v) is 8.06. The van der Waals surface area contributed by atoms with Crippen molar-refractivity contribution < 1.29 is 9.59 Å². The van der Waals surface area contributed by atoms with Gasteiger partial charge in [0.25, 0.3) is 0 Å². The molecule has 24 heavy (non-hydrogen) atoms. The lowest BCUT2D eigenvalue weighted by atomic mass is 10.1. The minimum absolute atomic E-state index is 0.130. The molecule has 0 aromatic heterocycles. The highest BCUT2D eigenvalue weighted by molar-refractivity contribution is 5.84. The van der Waals surface area contributed by atoms with Gasteiger partial charge in [0.2, 0.25) is 11.8 Å². The van der Waals surface area contributed by atoms with Gasteiger partial charge in [-0.05, 0) is 31.9 Å². The van der Waals surface area contributed by atoms with E-state index in [0.717, 1.165) is 11.1 Å². The summed E-state index contributed by atoms with van der Waals surface area (Å²) in [6, 6.07) is 19.0. The van der Waals surface area contributed by atoms with E-state index < -0.39 is 5.54 Å². The molecule has 2 aromatic carbocycles. The highest BCUT2D eigenvalue weighted by Crippen LogP contribution is 2.13. The summed E-state index contributed by atoms with van der Waals surface area (Å²) in [5.41, 5.74) is 4.11. The number of amides is 2. The van der Waals surface area contributed by atoms with E-state index in [4.69, 9.17) is 0 Å². The molecule has 0 aliphatic carbocycles. The Balaban J connectivity index is 2.05. The average molecular weight is 324 g/mol. The summed E-state index contributed by atoms with van der Waals surface area (Å²) in [7, 11) is 0. The highest BCUT2D eigenvalue weighted by atomic mass is 16.2. The molecule has 0 aliphatic heterocycles. The van der Waals surface area contributed by atoms with Gasteiger partial charge < -0.3 is 0 Å². The van der Waals surface area contributed by atoms with E-state index in [1.165, 1.54) is 5.01 Å². The van der Waals surface area contributed by atoms with Crippen LogP contribution in [-0.4, -0.2) is 22.4 Å². The lowest BCUT2D eigenvalue weighted by molar-refractivity contribution is -0.146. The molecule has 0 spiro atoms. The van der Waals surface area contributed by atoms with E-state index in [1.807, 2.05) is 81.4 Å². The molecule has 1 N–H and O–H groups in total. The maximum atomic E-state index is 12.7. The first kappa shape index (κ1) is 17.7.